The number of likely N-dealkylation sites (tertiary alicyclic amines) is 1. The molecule has 1 aliphatic heterocycles. The number of methoxy groups -OCH3 is 1. The van der Waals surface area contributed by atoms with E-state index < -0.39 is 0 Å². The van der Waals surface area contributed by atoms with Gasteiger partial charge in [-0.3, -0.25) is 4.90 Å². The number of benzene rings is 1. The van der Waals surface area contributed by atoms with Crippen molar-refractivity contribution < 1.29 is 14.3 Å². The van der Waals surface area contributed by atoms with Crippen molar-refractivity contribution in [2.75, 3.05) is 26.8 Å². The van der Waals surface area contributed by atoms with Gasteiger partial charge in [-0.15, -0.1) is 0 Å². The average Bonchev–Trinajstić information content (AvgIpc) is 3.10. The molecule has 0 amide bonds. The van der Waals surface area contributed by atoms with Crippen molar-refractivity contribution in [1.29, 1.82) is 0 Å². The third-order valence-corrected chi connectivity index (χ3v) is 5.47. The van der Waals surface area contributed by atoms with Gasteiger partial charge in [0.1, 0.15) is 18.1 Å². The lowest BCUT2D eigenvalue weighted by molar-refractivity contribution is 0.0179. The Morgan fingerprint density at radius 2 is 1.96 bits per heavy atom. The van der Waals surface area contributed by atoms with Crippen molar-refractivity contribution >= 4 is 0 Å². The van der Waals surface area contributed by atoms with Gasteiger partial charge < -0.3 is 14.3 Å². The number of rotatable bonds is 9. The van der Waals surface area contributed by atoms with Crippen LogP contribution in [-0.2, 0) is 24.3 Å². The zero-order valence-electron chi connectivity index (χ0n) is 15.8. The van der Waals surface area contributed by atoms with Crippen LogP contribution >= 0.6 is 0 Å². The molecule has 1 fully saturated rings. The maximum absolute atomic E-state index is 10.1. The van der Waals surface area contributed by atoms with Crippen LogP contribution < -0.4 is 0 Å². The van der Waals surface area contributed by atoms with Crippen molar-refractivity contribution in [3.8, 4) is 0 Å². The van der Waals surface area contributed by atoms with E-state index in [-0.39, 0.29) is 12.0 Å². The summed E-state index contributed by atoms with van der Waals surface area (Å²) in [5.74, 6) is 1.85. The topological polar surface area (TPSA) is 45.8 Å². The molecule has 4 nitrogen and oxygen atoms in total. The summed E-state index contributed by atoms with van der Waals surface area (Å²) in [5, 5.41) is 10.1. The predicted octanol–water partition coefficient (Wildman–Crippen LogP) is 4.02. The van der Waals surface area contributed by atoms with E-state index in [1.807, 2.05) is 12.1 Å². The van der Waals surface area contributed by atoms with Crippen LogP contribution in [-0.4, -0.2) is 36.8 Å². The Bertz CT molecular complexity index is 654. The van der Waals surface area contributed by atoms with Crippen molar-refractivity contribution in [3.05, 3.63) is 59.5 Å². The number of nitrogens with zero attached hydrogens (tertiary/aromatic N) is 1. The van der Waals surface area contributed by atoms with Gasteiger partial charge >= 0.3 is 0 Å². The molecule has 26 heavy (non-hydrogen) atoms. The lowest BCUT2D eigenvalue weighted by Gasteiger charge is -2.41. The molecule has 0 radical (unpaired) electrons. The molecular weight excluding hydrogens is 326 g/mol. The minimum Gasteiger partial charge on any atom is -0.462 e. The highest BCUT2D eigenvalue weighted by Crippen LogP contribution is 2.35. The van der Waals surface area contributed by atoms with Crippen LogP contribution in [0.5, 0.6) is 0 Å². The first-order valence-electron chi connectivity index (χ1n) is 9.67. The zero-order valence-corrected chi connectivity index (χ0v) is 15.8. The fourth-order valence-corrected chi connectivity index (χ4v) is 4.12. The average molecular weight is 357 g/mol. The molecule has 1 aromatic carbocycles. The molecular formula is C22H31NO3. The molecule has 1 atom stereocenters. The largest absolute Gasteiger partial charge is 0.462 e. The van der Waals surface area contributed by atoms with E-state index >= 15 is 0 Å². The molecule has 1 N–H and O–H groups in total. The fourth-order valence-electron chi connectivity index (χ4n) is 4.12. The molecule has 142 valence electrons. The van der Waals surface area contributed by atoms with E-state index in [9.17, 15) is 5.11 Å². The van der Waals surface area contributed by atoms with E-state index in [4.69, 9.17) is 9.15 Å². The summed E-state index contributed by atoms with van der Waals surface area (Å²) in [4.78, 5) is 2.43. The molecule has 1 aromatic heterocycles. The molecule has 0 spiro atoms. The van der Waals surface area contributed by atoms with E-state index in [0.29, 0.717) is 6.61 Å². The first-order chi connectivity index (χ1) is 12.7. The normalized spacial score (nSPS) is 21.2. The third kappa shape index (κ3) is 5.19. The van der Waals surface area contributed by atoms with Crippen molar-refractivity contribution in [3.63, 3.8) is 0 Å². The predicted molar refractivity (Wildman–Crippen MR) is 103 cm³/mol. The van der Waals surface area contributed by atoms with Crippen LogP contribution in [0.4, 0.5) is 0 Å². The lowest BCUT2D eigenvalue weighted by atomic mass is 9.76. The van der Waals surface area contributed by atoms with Crippen LogP contribution in [0.1, 0.15) is 42.8 Å². The quantitative estimate of drug-likeness (QED) is 0.736. The Hall–Kier alpha value is -1.62. The molecule has 0 bridgehead atoms. The highest BCUT2D eigenvalue weighted by atomic mass is 16.5. The number of aryl methyl sites for hydroxylation is 1. The summed E-state index contributed by atoms with van der Waals surface area (Å²) in [5.41, 5.74) is 1.41. The fraction of sp³-hybridized carbons (Fsp3) is 0.545. The molecule has 1 saturated heterocycles. The number of furan rings is 1. The summed E-state index contributed by atoms with van der Waals surface area (Å²) in [7, 11) is 1.68. The Balaban J connectivity index is 1.53. The number of ether oxygens (including phenoxy) is 1. The number of hydrogen-bond donors (Lipinski definition) is 1. The van der Waals surface area contributed by atoms with Crippen LogP contribution in [0.3, 0.4) is 0 Å². The van der Waals surface area contributed by atoms with E-state index in [1.165, 1.54) is 5.56 Å². The van der Waals surface area contributed by atoms with Crippen molar-refractivity contribution in [2.45, 2.75) is 45.3 Å². The van der Waals surface area contributed by atoms with Crippen LogP contribution in [0.25, 0.3) is 0 Å². The Morgan fingerprint density at radius 1 is 1.15 bits per heavy atom. The van der Waals surface area contributed by atoms with Gasteiger partial charge in [0.15, 0.2) is 0 Å². The summed E-state index contributed by atoms with van der Waals surface area (Å²) in [6.45, 7) is 3.61. The summed E-state index contributed by atoms with van der Waals surface area (Å²) >= 11 is 0. The second-order valence-electron chi connectivity index (χ2n) is 7.61. The third-order valence-electron chi connectivity index (χ3n) is 5.47. The van der Waals surface area contributed by atoms with Crippen molar-refractivity contribution in [1.82, 2.24) is 4.90 Å². The highest BCUT2D eigenvalue weighted by Gasteiger charge is 2.34. The van der Waals surface area contributed by atoms with Crippen LogP contribution in [0.15, 0.2) is 46.9 Å². The second kappa shape index (κ2) is 9.36. The molecule has 0 aliphatic carbocycles. The number of aliphatic hydroxyl groups excluding tert-OH is 1. The van der Waals surface area contributed by atoms with Gasteiger partial charge in [-0.05, 0) is 56.3 Å². The molecule has 0 unspecified atom stereocenters. The van der Waals surface area contributed by atoms with Crippen LogP contribution in [0.2, 0.25) is 0 Å². The molecule has 1 aliphatic rings. The lowest BCUT2D eigenvalue weighted by Crippen LogP contribution is -2.45. The van der Waals surface area contributed by atoms with Gasteiger partial charge in [0.05, 0.1) is 6.54 Å². The molecule has 3 rings (SSSR count). The zero-order chi connectivity index (χ0) is 18.2. The van der Waals surface area contributed by atoms with Gasteiger partial charge in [-0.2, -0.15) is 0 Å². The van der Waals surface area contributed by atoms with Gasteiger partial charge in [0, 0.05) is 25.7 Å². The Labute approximate surface area is 156 Å². The summed E-state index contributed by atoms with van der Waals surface area (Å²) in [6.07, 6.45) is 5.53. The first-order valence-corrected chi connectivity index (χ1v) is 9.67. The van der Waals surface area contributed by atoms with E-state index in [2.05, 4.69) is 35.2 Å². The Kier molecular flexibility index (Phi) is 6.89. The van der Waals surface area contributed by atoms with Gasteiger partial charge in [0.25, 0.3) is 0 Å². The number of aliphatic hydroxyl groups is 1. The maximum Gasteiger partial charge on any atom is 0.129 e. The smallest absolute Gasteiger partial charge is 0.129 e. The standard InChI is InChI=1S/C22H31NO3/c1-25-16-21-11-10-20(26-21)15-23-14-6-13-22(17-23,18-24)12-5-9-19-7-3-2-4-8-19/h2-4,7-8,10-11,24H,5-6,9,12-18H2,1H3/t22-/m1/s1. The Morgan fingerprint density at radius 3 is 2.73 bits per heavy atom. The number of hydrogen-bond acceptors (Lipinski definition) is 4. The van der Waals surface area contributed by atoms with E-state index in [0.717, 1.165) is 63.3 Å². The second-order valence-corrected chi connectivity index (χ2v) is 7.61. The van der Waals surface area contributed by atoms with Crippen molar-refractivity contribution in [2.24, 2.45) is 5.41 Å². The van der Waals surface area contributed by atoms with Crippen LogP contribution in [0, 0.1) is 5.41 Å². The molecule has 2 heterocycles. The SMILES string of the molecule is COCc1ccc(CN2CCC[C@](CO)(CCCc3ccccc3)C2)o1. The number of piperidine rings is 1. The van der Waals surface area contributed by atoms with E-state index in [1.54, 1.807) is 7.11 Å². The molecule has 0 saturated carbocycles. The monoisotopic (exact) mass is 357 g/mol. The first kappa shape index (κ1) is 19.2. The van der Waals surface area contributed by atoms with Gasteiger partial charge in [-0.25, -0.2) is 0 Å². The summed E-state index contributed by atoms with van der Waals surface area (Å²) in [6, 6.07) is 14.7. The maximum atomic E-state index is 10.1. The molecule has 2 aromatic rings. The molecule has 4 heteroatoms. The van der Waals surface area contributed by atoms with Gasteiger partial charge in [-0.1, -0.05) is 30.3 Å². The summed E-state index contributed by atoms with van der Waals surface area (Å²) < 4.78 is 11.0. The van der Waals surface area contributed by atoms with Gasteiger partial charge in [0.2, 0.25) is 0 Å². The highest BCUT2D eigenvalue weighted by molar-refractivity contribution is 5.14. The minimum atomic E-state index is 0.0228. The minimum absolute atomic E-state index is 0.0228.